The van der Waals surface area contributed by atoms with Crippen LogP contribution in [0.1, 0.15) is 50.5 Å². The van der Waals surface area contributed by atoms with Crippen molar-refractivity contribution in [2.75, 3.05) is 23.3 Å². The number of nitrogens with one attached hydrogen (secondary N) is 1. The summed E-state index contributed by atoms with van der Waals surface area (Å²) in [6.45, 7) is 1.58. The van der Waals surface area contributed by atoms with Gasteiger partial charge in [-0.25, -0.2) is 9.37 Å². The molecule has 206 valence electrons. The van der Waals surface area contributed by atoms with E-state index in [1.54, 1.807) is 18.3 Å². The molecule has 2 aromatic carbocycles. The molecule has 1 aliphatic heterocycles. The first kappa shape index (κ1) is 26.9. The van der Waals surface area contributed by atoms with Crippen LogP contribution in [0.3, 0.4) is 0 Å². The SMILES string of the molecule is N#Cc1ccc(N2CCC[C@H](C[C@@H]3CCCC[C@H]3Nc3ncc(-c4ccc(OC(F)(F)F)cc4)o3)C2)c(F)c1. The van der Waals surface area contributed by atoms with Gasteiger partial charge in [0.25, 0.3) is 6.01 Å². The van der Waals surface area contributed by atoms with E-state index in [1.165, 1.54) is 30.3 Å². The lowest BCUT2D eigenvalue weighted by Crippen LogP contribution is -2.39. The Morgan fingerprint density at radius 1 is 1.08 bits per heavy atom. The molecule has 39 heavy (non-hydrogen) atoms. The first-order chi connectivity index (χ1) is 18.8. The van der Waals surface area contributed by atoms with Crippen LogP contribution in [0.5, 0.6) is 5.75 Å². The number of piperidine rings is 1. The van der Waals surface area contributed by atoms with Crippen molar-refractivity contribution in [3.8, 4) is 23.1 Å². The van der Waals surface area contributed by atoms with E-state index in [-0.39, 0.29) is 17.6 Å². The van der Waals surface area contributed by atoms with Crippen LogP contribution in [0.15, 0.2) is 53.1 Å². The molecule has 0 bridgehead atoms. The third-order valence-corrected chi connectivity index (χ3v) is 7.67. The monoisotopic (exact) mass is 542 g/mol. The number of anilines is 2. The predicted octanol–water partition coefficient (Wildman–Crippen LogP) is 7.53. The molecule has 5 rings (SSSR count). The maximum absolute atomic E-state index is 14.6. The highest BCUT2D eigenvalue weighted by atomic mass is 19.4. The zero-order valence-electron chi connectivity index (χ0n) is 21.4. The van der Waals surface area contributed by atoms with Gasteiger partial charge in [-0.1, -0.05) is 12.8 Å². The summed E-state index contributed by atoms with van der Waals surface area (Å²) in [4.78, 5) is 6.46. The number of alkyl halides is 3. The van der Waals surface area contributed by atoms with Gasteiger partial charge in [-0.05, 0) is 86.4 Å². The van der Waals surface area contributed by atoms with Crippen molar-refractivity contribution in [2.24, 2.45) is 11.8 Å². The number of rotatable bonds is 7. The van der Waals surface area contributed by atoms with E-state index in [4.69, 9.17) is 9.68 Å². The molecule has 1 saturated carbocycles. The van der Waals surface area contributed by atoms with Gasteiger partial charge in [-0.2, -0.15) is 5.26 Å². The summed E-state index contributed by atoms with van der Waals surface area (Å²) in [5.41, 5.74) is 1.48. The molecule has 6 nitrogen and oxygen atoms in total. The average molecular weight is 543 g/mol. The van der Waals surface area contributed by atoms with Crippen molar-refractivity contribution < 1.29 is 26.7 Å². The molecule has 1 saturated heterocycles. The van der Waals surface area contributed by atoms with Crippen LogP contribution >= 0.6 is 0 Å². The molecule has 0 radical (unpaired) electrons. The van der Waals surface area contributed by atoms with Gasteiger partial charge in [0, 0.05) is 24.7 Å². The third kappa shape index (κ3) is 6.83. The van der Waals surface area contributed by atoms with E-state index in [1.807, 2.05) is 6.07 Å². The molecule has 2 aliphatic rings. The number of ether oxygens (including phenoxy) is 1. The van der Waals surface area contributed by atoms with Gasteiger partial charge in [0.2, 0.25) is 0 Å². The molecule has 0 spiro atoms. The number of hydrogen-bond donors (Lipinski definition) is 1. The van der Waals surface area contributed by atoms with Crippen molar-refractivity contribution in [1.82, 2.24) is 4.98 Å². The number of nitrogens with zero attached hydrogens (tertiary/aromatic N) is 3. The van der Waals surface area contributed by atoms with Crippen molar-refractivity contribution in [2.45, 2.75) is 57.3 Å². The number of aromatic nitrogens is 1. The first-order valence-electron chi connectivity index (χ1n) is 13.3. The van der Waals surface area contributed by atoms with E-state index in [0.717, 1.165) is 58.0 Å². The molecule has 0 amide bonds. The molecule has 2 fully saturated rings. The van der Waals surface area contributed by atoms with E-state index in [9.17, 15) is 17.6 Å². The van der Waals surface area contributed by atoms with Gasteiger partial charge in [-0.3, -0.25) is 0 Å². The Kier molecular flexibility index (Phi) is 7.96. The second kappa shape index (κ2) is 11.6. The number of oxazole rings is 1. The molecule has 0 unspecified atom stereocenters. The van der Waals surface area contributed by atoms with Gasteiger partial charge < -0.3 is 19.4 Å². The van der Waals surface area contributed by atoms with Gasteiger partial charge in [0.1, 0.15) is 11.6 Å². The first-order valence-corrected chi connectivity index (χ1v) is 13.3. The van der Waals surface area contributed by atoms with Crippen LogP contribution in [0.4, 0.5) is 29.3 Å². The lowest BCUT2D eigenvalue weighted by atomic mass is 9.77. The summed E-state index contributed by atoms with van der Waals surface area (Å²) in [6.07, 6.45) is 4.27. The van der Waals surface area contributed by atoms with E-state index in [0.29, 0.717) is 40.4 Å². The van der Waals surface area contributed by atoms with Crippen molar-refractivity contribution in [1.29, 1.82) is 5.26 Å². The lowest BCUT2D eigenvalue weighted by molar-refractivity contribution is -0.274. The highest BCUT2D eigenvalue weighted by molar-refractivity contribution is 5.58. The minimum atomic E-state index is -4.74. The van der Waals surface area contributed by atoms with E-state index in [2.05, 4.69) is 19.9 Å². The van der Waals surface area contributed by atoms with Gasteiger partial charge in [0.05, 0.1) is 23.5 Å². The smallest absolute Gasteiger partial charge is 0.424 e. The quantitative estimate of drug-likeness (QED) is 0.311. The van der Waals surface area contributed by atoms with Gasteiger partial charge in [-0.15, -0.1) is 13.2 Å². The second-order valence-electron chi connectivity index (χ2n) is 10.4. The maximum atomic E-state index is 14.6. The summed E-state index contributed by atoms with van der Waals surface area (Å²) >= 11 is 0. The molecule has 10 heteroatoms. The maximum Gasteiger partial charge on any atom is 0.573 e. The predicted molar refractivity (Wildman–Crippen MR) is 139 cm³/mol. The highest BCUT2D eigenvalue weighted by Crippen LogP contribution is 2.36. The minimum Gasteiger partial charge on any atom is -0.424 e. The number of benzene rings is 2. The second-order valence-corrected chi connectivity index (χ2v) is 10.4. The number of hydrogen-bond acceptors (Lipinski definition) is 6. The molecule has 1 N–H and O–H groups in total. The summed E-state index contributed by atoms with van der Waals surface area (Å²) in [5, 5.41) is 12.5. The molecule has 1 aromatic heterocycles. The fourth-order valence-corrected chi connectivity index (χ4v) is 5.87. The Labute approximate surface area is 224 Å². The van der Waals surface area contributed by atoms with Crippen molar-refractivity contribution >= 4 is 11.7 Å². The Balaban J connectivity index is 1.21. The van der Waals surface area contributed by atoms with Crippen LogP contribution in [-0.4, -0.2) is 30.5 Å². The third-order valence-electron chi connectivity index (χ3n) is 7.67. The summed E-state index contributed by atoms with van der Waals surface area (Å²) in [5.74, 6) is 0.657. The topological polar surface area (TPSA) is 74.3 Å². The molecular weight excluding hydrogens is 512 g/mol. The standard InChI is InChI=1S/C29H30F4N4O2/c30-24-15-19(16-34)7-12-26(24)37-13-3-4-20(18-37)14-22-5-1-2-6-25(22)36-28-35-17-27(38-28)21-8-10-23(11-9-21)39-29(31,32)33/h7-12,15,17,20,22,25H,1-6,13-14,18H2,(H,35,36)/t20-,22+,25-/m1/s1. The number of halogens is 4. The van der Waals surface area contributed by atoms with Crippen LogP contribution in [0.25, 0.3) is 11.3 Å². The lowest BCUT2D eigenvalue weighted by Gasteiger charge is -2.39. The Morgan fingerprint density at radius 3 is 2.62 bits per heavy atom. The zero-order valence-corrected chi connectivity index (χ0v) is 21.4. The van der Waals surface area contributed by atoms with Crippen LogP contribution in [0, 0.1) is 29.0 Å². The van der Waals surface area contributed by atoms with Crippen LogP contribution < -0.4 is 15.0 Å². The highest BCUT2D eigenvalue weighted by Gasteiger charge is 2.32. The Morgan fingerprint density at radius 2 is 1.87 bits per heavy atom. The minimum absolute atomic E-state index is 0.190. The van der Waals surface area contributed by atoms with E-state index >= 15 is 0 Å². The molecule has 2 heterocycles. The average Bonchev–Trinajstić information content (AvgIpc) is 3.38. The fraction of sp³-hybridized carbons (Fsp3) is 0.448. The van der Waals surface area contributed by atoms with Crippen LogP contribution in [0.2, 0.25) is 0 Å². The normalized spacial score (nSPS) is 21.8. The molecule has 3 atom stereocenters. The zero-order chi connectivity index (χ0) is 27.4. The van der Waals surface area contributed by atoms with E-state index < -0.39 is 6.36 Å². The van der Waals surface area contributed by atoms with Crippen molar-refractivity contribution in [3.63, 3.8) is 0 Å². The summed E-state index contributed by atoms with van der Waals surface area (Å²) < 4.78 is 61.7. The van der Waals surface area contributed by atoms with Crippen LogP contribution in [-0.2, 0) is 0 Å². The Bertz CT molecular complexity index is 1300. The van der Waals surface area contributed by atoms with Gasteiger partial charge >= 0.3 is 6.36 Å². The molecule has 3 aromatic rings. The fourth-order valence-electron chi connectivity index (χ4n) is 5.87. The van der Waals surface area contributed by atoms with Crippen molar-refractivity contribution in [3.05, 3.63) is 60.0 Å². The summed E-state index contributed by atoms with van der Waals surface area (Å²) in [7, 11) is 0. The molecule has 1 aliphatic carbocycles. The van der Waals surface area contributed by atoms with Gasteiger partial charge in [0.15, 0.2) is 5.76 Å². The summed E-state index contributed by atoms with van der Waals surface area (Å²) in [6, 6.07) is 12.7. The number of nitriles is 1. The molecular formula is C29H30F4N4O2. The Hall–Kier alpha value is -3.74. The largest absolute Gasteiger partial charge is 0.573 e.